The fourth-order valence-electron chi connectivity index (χ4n) is 2.19. The first-order valence-electron chi connectivity index (χ1n) is 6.18. The molecule has 1 nitrogen and oxygen atoms in total. The maximum atomic E-state index is 4.91. The highest BCUT2D eigenvalue weighted by atomic mass is 14.9. The summed E-state index contributed by atoms with van der Waals surface area (Å²) in [5, 5.41) is 4.91. The van der Waals surface area contributed by atoms with Gasteiger partial charge in [-0.2, -0.15) is 0 Å². The zero-order valence-corrected chi connectivity index (χ0v) is 10.8. The molecule has 1 aliphatic rings. The summed E-state index contributed by atoms with van der Waals surface area (Å²) in [5.41, 5.74) is 1.24. The average molecular weight is 226 g/mol. The number of allylic oxidation sites excluding steroid dienone is 2. The normalized spacial score (nSPS) is 17.4. The Balaban J connectivity index is 2.17. The van der Waals surface area contributed by atoms with Crippen LogP contribution >= 0.6 is 0 Å². The number of hydrogen-bond donors (Lipinski definition) is 0. The van der Waals surface area contributed by atoms with Gasteiger partial charge in [0.1, 0.15) is 0 Å². The van der Waals surface area contributed by atoms with Crippen LogP contribution in [0.5, 0.6) is 0 Å². The van der Waals surface area contributed by atoms with Crippen LogP contribution in [-0.2, 0) is 0 Å². The highest BCUT2D eigenvalue weighted by Gasteiger charge is 2.31. The van der Waals surface area contributed by atoms with Gasteiger partial charge in [0, 0.05) is 5.92 Å². The van der Waals surface area contributed by atoms with Crippen molar-refractivity contribution in [3.05, 3.63) is 54.6 Å². The Hall–Kier alpha value is -1.50. The second-order valence-electron chi connectivity index (χ2n) is 5.62. The first-order chi connectivity index (χ1) is 8.07. The molecule has 0 spiro atoms. The third-order valence-electron chi connectivity index (χ3n) is 3.07. The van der Waals surface area contributed by atoms with Crippen LogP contribution in [0.15, 0.2) is 54.6 Å². The molecule has 0 heterocycles. The number of rotatable bonds is 3. The molecule has 1 aromatic rings. The molecule has 0 aromatic heterocycles. The third kappa shape index (κ3) is 3.00. The van der Waals surface area contributed by atoms with Gasteiger partial charge in [-0.05, 0) is 17.5 Å². The minimum atomic E-state index is 0.166. The van der Waals surface area contributed by atoms with Crippen LogP contribution in [0.4, 0.5) is 5.69 Å². The predicted octanol–water partition coefficient (Wildman–Crippen LogP) is 4.08. The van der Waals surface area contributed by atoms with Gasteiger partial charge in [0.2, 0.25) is 0 Å². The predicted molar refractivity (Wildman–Crippen MR) is 73.2 cm³/mol. The Morgan fingerprint density at radius 3 is 2.12 bits per heavy atom. The number of benzene rings is 1. The molecule has 0 saturated heterocycles. The Morgan fingerprint density at radius 2 is 1.59 bits per heavy atom. The monoisotopic (exact) mass is 226 g/mol. The number of para-hydroxylation sites is 1. The quantitative estimate of drug-likeness (QED) is 0.737. The van der Waals surface area contributed by atoms with Gasteiger partial charge in [0.05, 0.1) is 11.7 Å². The van der Waals surface area contributed by atoms with Crippen molar-refractivity contribution in [2.75, 3.05) is 0 Å². The summed E-state index contributed by atoms with van der Waals surface area (Å²) in [6.07, 6.45) is 8.71. The van der Waals surface area contributed by atoms with Gasteiger partial charge < -0.3 is 0 Å². The van der Waals surface area contributed by atoms with E-state index >= 15 is 0 Å². The topological polar surface area (TPSA) is 14.1 Å². The van der Waals surface area contributed by atoms with Crippen molar-refractivity contribution in [3.8, 4) is 0 Å². The van der Waals surface area contributed by atoms with Crippen molar-refractivity contribution in [2.24, 2.45) is 11.3 Å². The van der Waals surface area contributed by atoms with Crippen LogP contribution in [0, 0.1) is 11.3 Å². The summed E-state index contributed by atoms with van der Waals surface area (Å²) in [6, 6.07) is 10.5. The summed E-state index contributed by atoms with van der Waals surface area (Å²) in [6.45, 7) is 6.76. The average Bonchev–Trinajstić information content (AvgIpc) is 2.79. The number of hydrogen-bond acceptors (Lipinski definition) is 0. The van der Waals surface area contributed by atoms with E-state index in [1.807, 2.05) is 18.2 Å². The summed E-state index contributed by atoms with van der Waals surface area (Å²) in [5.74, 6) is 0.426. The maximum absolute atomic E-state index is 4.91. The summed E-state index contributed by atoms with van der Waals surface area (Å²) in [7, 11) is 0. The molecule has 1 aromatic carbocycles. The van der Waals surface area contributed by atoms with E-state index in [1.165, 1.54) is 0 Å². The molecule has 0 N–H and O–H groups in total. The van der Waals surface area contributed by atoms with E-state index in [1.54, 1.807) is 0 Å². The zero-order chi connectivity index (χ0) is 12.3. The molecule has 1 radical (unpaired) electrons. The van der Waals surface area contributed by atoms with Crippen LogP contribution in [0.3, 0.4) is 0 Å². The van der Waals surface area contributed by atoms with Gasteiger partial charge >= 0.3 is 0 Å². The molecule has 0 bridgehead atoms. The Morgan fingerprint density at radius 1 is 1.00 bits per heavy atom. The first kappa shape index (κ1) is 12.0. The third-order valence-corrected chi connectivity index (χ3v) is 3.07. The Kier molecular flexibility index (Phi) is 3.37. The lowest BCUT2D eigenvalue weighted by Crippen LogP contribution is -2.38. The van der Waals surface area contributed by atoms with Crippen molar-refractivity contribution >= 4 is 5.69 Å². The molecule has 0 amide bonds. The second kappa shape index (κ2) is 4.79. The zero-order valence-electron chi connectivity index (χ0n) is 10.8. The summed E-state index contributed by atoms with van der Waals surface area (Å²) < 4.78 is 0. The van der Waals surface area contributed by atoms with Gasteiger partial charge in [-0.15, -0.1) is 0 Å². The summed E-state index contributed by atoms with van der Waals surface area (Å²) >= 11 is 0. The lowest BCUT2D eigenvalue weighted by Gasteiger charge is -2.33. The van der Waals surface area contributed by atoms with E-state index in [0.717, 1.165) is 5.69 Å². The maximum Gasteiger partial charge on any atom is 0.0652 e. The van der Waals surface area contributed by atoms with E-state index in [0.29, 0.717) is 12.0 Å². The van der Waals surface area contributed by atoms with E-state index < -0.39 is 0 Å². The van der Waals surface area contributed by atoms with Crippen molar-refractivity contribution in [2.45, 2.75) is 26.8 Å². The molecule has 1 atom stereocenters. The van der Waals surface area contributed by atoms with Crippen LogP contribution in [0.1, 0.15) is 20.8 Å². The molecule has 2 rings (SSSR count). The molecular weight excluding hydrogens is 206 g/mol. The fraction of sp³-hybridized carbons (Fsp3) is 0.375. The van der Waals surface area contributed by atoms with Crippen molar-refractivity contribution in [1.82, 2.24) is 5.32 Å². The van der Waals surface area contributed by atoms with Crippen LogP contribution in [0.2, 0.25) is 0 Å². The van der Waals surface area contributed by atoms with Gasteiger partial charge in [0.15, 0.2) is 0 Å². The molecule has 1 aliphatic carbocycles. The van der Waals surface area contributed by atoms with Crippen molar-refractivity contribution in [3.63, 3.8) is 0 Å². The Bertz CT molecular complexity index is 397. The van der Waals surface area contributed by atoms with Crippen LogP contribution in [-0.4, -0.2) is 6.04 Å². The van der Waals surface area contributed by atoms with Gasteiger partial charge in [-0.3, -0.25) is 5.32 Å². The van der Waals surface area contributed by atoms with Gasteiger partial charge in [0.25, 0.3) is 0 Å². The van der Waals surface area contributed by atoms with E-state index in [4.69, 9.17) is 5.32 Å². The standard InChI is InChI=1S/C16H20N/c1-16(2,3)15(13-9-7-8-10-13)17-14-11-5-4-6-12-14/h4-13,15H,1-3H3/t15-/m1/s1. The van der Waals surface area contributed by atoms with Crippen LogP contribution in [0.25, 0.3) is 0 Å². The lowest BCUT2D eigenvalue weighted by atomic mass is 9.79. The molecule has 0 aliphatic heterocycles. The van der Waals surface area contributed by atoms with Crippen LogP contribution < -0.4 is 5.32 Å². The summed E-state index contributed by atoms with van der Waals surface area (Å²) in [4.78, 5) is 0. The smallest absolute Gasteiger partial charge is 0.0652 e. The minimum absolute atomic E-state index is 0.166. The highest BCUT2D eigenvalue weighted by molar-refractivity contribution is 5.36. The second-order valence-corrected chi connectivity index (χ2v) is 5.62. The first-order valence-corrected chi connectivity index (χ1v) is 6.18. The van der Waals surface area contributed by atoms with E-state index in [9.17, 15) is 0 Å². The Labute approximate surface area is 104 Å². The van der Waals surface area contributed by atoms with Gasteiger partial charge in [-0.1, -0.05) is 63.3 Å². The van der Waals surface area contributed by atoms with Crippen molar-refractivity contribution < 1.29 is 0 Å². The molecular formula is C16H20N. The molecule has 17 heavy (non-hydrogen) atoms. The lowest BCUT2D eigenvalue weighted by molar-refractivity contribution is 0.258. The molecule has 0 saturated carbocycles. The van der Waals surface area contributed by atoms with E-state index in [-0.39, 0.29) is 5.41 Å². The van der Waals surface area contributed by atoms with Crippen molar-refractivity contribution in [1.29, 1.82) is 0 Å². The molecule has 0 fully saturated rings. The SMILES string of the molecule is CC(C)(C)[C@H]([N]c1ccccc1)C1C=CC=C1. The molecule has 0 unspecified atom stereocenters. The van der Waals surface area contributed by atoms with E-state index in [2.05, 4.69) is 57.2 Å². The largest absolute Gasteiger partial charge is 0.281 e. The minimum Gasteiger partial charge on any atom is -0.281 e. The van der Waals surface area contributed by atoms with Gasteiger partial charge in [-0.25, -0.2) is 0 Å². The fourth-order valence-corrected chi connectivity index (χ4v) is 2.19. The molecule has 1 heteroatoms. The number of nitrogens with zero attached hydrogens (tertiary/aromatic N) is 1. The highest BCUT2D eigenvalue weighted by Crippen LogP contribution is 2.31. The molecule has 89 valence electrons.